The quantitative estimate of drug-likeness (QED) is 0.295. The van der Waals surface area contributed by atoms with Crippen LogP contribution in [0.15, 0.2) is 52.3 Å². The first-order valence-corrected chi connectivity index (χ1v) is 11.8. The van der Waals surface area contributed by atoms with Crippen molar-refractivity contribution in [1.29, 1.82) is 0 Å². The zero-order valence-corrected chi connectivity index (χ0v) is 17.4. The molecule has 154 valence electrons. The number of nitrogens with one attached hydrogen (secondary N) is 2. The van der Waals surface area contributed by atoms with E-state index < -0.39 is 20.2 Å². The van der Waals surface area contributed by atoms with Crippen molar-refractivity contribution in [3.05, 3.63) is 53.6 Å². The summed E-state index contributed by atoms with van der Waals surface area (Å²) in [5, 5.41) is 6.27. The fourth-order valence-electron chi connectivity index (χ4n) is 2.59. The summed E-state index contributed by atoms with van der Waals surface area (Å²) in [6, 6.07) is 10.2. The highest BCUT2D eigenvalue weighted by Crippen LogP contribution is 2.25. The lowest BCUT2D eigenvalue weighted by Crippen LogP contribution is -2.30. The third-order valence-electron chi connectivity index (χ3n) is 4.10. The van der Waals surface area contributed by atoms with Gasteiger partial charge in [0.1, 0.15) is 9.79 Å². The van der Waals surface area contributed by atoms with Gasteiger partial charge >= 0.3 is 0 Å². The van der Waals surface area contributed by atoms with Gasteiger partial charge in [0.2, 0.25) is 0 Å². The van der Waals surface area contributed by atoms with Crippen molar-refractivity contribution in [1.82, 2.24) is 5.32 Å². The summed E-state index contributed by atoms with van der Waals surface area (Å²) in [7, 11) is -9.02. The smallest absolute Gasteiger partial charge is 0.295 e. The SMILES string of the molecule is O=S(=O)(O)c1ccccc1/C=C/c1ccc(NC(=S)NC2CC2)cc1S(=O)(=O)O. The Balaban J connectivity index is 1.93. The van der Waals surface area contributed by atoms with E-state index in [1.54, 1.807) is 12.1 Å². The summed E-state index contributed by atoms with van der Waals surface area (Å²) in [6.45, 7) is 0. The van der Waals surface area contributed by atoms with E-state index >= 15 is 0 Å². The molecular weight excluding hydrogens is 436 g/mol. The Bertz CT molecular complexity index is 1190. The van der Waals surface area contributed by atoms with E-state index in [9.17, 15) is 25.9 Å². The molecule has 0 unspecified atom stereocenters. The molecule has 1 saturated carbocycles. The van der Waals surface area contributed by atoms with Gasteiger partial charge in [-0.2, -0.15) is 16.8 Å². The van der Waals surface area contributed by atoms with Gasteiger partial charge in [0.25, 0.3) is 20.2 Å². The van der Waals surface area contributed by atoms with Crippen LogP contribution >= 0.6 is 12.2 Å². The lowest BCUT2D eigenvalue weighted by atomic mass is 10.1. The highest BCUT2D eigenvalue weighted by atomic mass is 32.2. The molecule has 3 rings (SSSR count). The minimum Gasteiger partial charge on any atom is -0.360 e. The number of rotatable bonds is 6. The van der Waals surface area contributed by atoms with Crippen molar-refractivity contribution in [2.75, 3.05) is 5.32 Å². The van der Waals surface area contributed by atoms with Crippen LogP contribution in [0, 0.1) is 0 Å². The van der Waals surface area contributed by atoms with E-state index in [4.69, 9.17) is 12.2 Å². The van der Waals surface area contributed by atoms with Crippen molar-refractivity contribution in [3.63, 3.8) is 0 Å². The molecule has 0 bridgehead atoms. The fourth-order valence-corrected chi connectivity index (χ4v) is 4.26. The summed E-state index contributed by atoms with van der Waals surface area (Å²) in [6.07, 6.45) is 4.71. The van der Waals surface area contributed by atoms with Crippen molar-refractivity contribution < 1.29 is 25.9 Å². The van der Waals surface area contributed by atoms with Crippen LogP contribution in [0.4, 0.5) is 5.69 Å². The predicted molar refractivity (Wildman–Crippen MR) is 114 cm³/mol. The summed E-state index contributed by atoms with van der Waals surface area (Å²) in [5.41, 5.74) is 0.656. The van der Waals surface area contributed by atoms with E-state index in [0.717, 1.165) is 12.8 Å². The average Bonchev–Trinajstić information content (AvgIpc) is 3.43. The Morgan fingerprint density at radius 2 is 1.52 bits per heavy atom. The lowest BCUT2D eigenvalue weighted by Gasteiger charge is -2.12. The number of hydrogen-bond acceptors (Lipinski definition) is 5. The Hall–Kier alpha value is -2.31. The van der Waals surface area contributed by atoms with Gasteiger partial charge in [-0.25, -0.2) is 0 Å². The van der Waals surface area contributed by atoms with Crippen LogP contribution in [0.1, 0.15) is 24.0 Å². The summed E-state index contributed by atoms with van der Waals surface area (Å²) in [5.74, 6) is 0. The fraction of sp³-hybridized carbons (Fsp3) is 0.167. The molecule has 2 aromatic carbocycles. The van der Waals surface area contributed by atoms with Crippen molar-refractivity contribution in [3.8, 4) is 0 Å². The van der Waals surface area contributed by atoms with Crippen molar-refractivity contribution in [2.24, 2.45) is 0 Å². The first kappa shape index (κ1) is 21.4. The van der Waals surface area contributed by atoms with Crippen LogP contribution in [0.5, 0.6) is 0 Å². The largest absolute Gasteiger partial charge is 0.360 e. The van der Waals surface area contributed by atoms with Gasteiger partial charge in [-0.05, 0) is 54.4 Å². The normalized spacial score (nSPS) is 14.7. The molecule has 0 heterocycles. The van der Waals surface area contributed by atoms with Crippen LogP contribution in [0.2, 0.25) is 0 Å². The molecule has 0 amide bonds. The number of anilines is 1. The van der Waals surface area contributed by atoms with E-state index in [0.29, 0.717) is 16.8 Å². The zero-order chi connectivity index (χ0) is 21.2. The Morgan fingerprint density at radius 1 is 0.931 bits per heavy atom. The molecule has 0 aromatic heterocycles. The zero-order valence-electron chi connectivity index (χ0n) is 14.9. The Labute approximate surface area is 174 Å². The van der Waals surface area contributed by atoms with E-state index in [-0.39, 0.29) is 20.9 Å². The number of hydrogen-bond donors (Lipinski definition) is 4. The van der Waals surface area contributed by atoms with Crippen LogP contribution in [-0.4, -0.2) is 37.1 Å². The van der Waals surface area contributed by atoms with Crippen LogP contribution in [0.25, 0.3) is 12.2 Å². The van der Waals surface area contributed by atoms with Gasteiger partial charge in [-0.15, -0.1) is 0 Å². The Morgan fingerprint density at radius 3 is 2.10 bits per heavy atom. The molecule has 29 heavy (non-hydrogen) atoms. The second kappa shape index (κ2) is 8.20. The monoisotopic (exact) mass is 454 g/mol. The maximum atomic E-state index is 11.8. The van der Waals surface area contributed by atoms with Gasteiger partial charge in [0, 0.05) is 11.7 Å². The van der Waals surface area contributed by atoms with Gasteiger partial charge in [-0.1, -0.05) is 36.4 Å². The topological polar surface area (TPSA) is 133 Å². The predicted octanol–water partition coefficient (Wildman–Crippen LogP) is 2.80. The van der Waals surface area contributed by atoms with E-state index in [1.165, 1.54) is 42.5 Å². The van der Waals surface area contributed by atoms with Crippen LogP contribution in [0.3, 0.4) is 0 Å². The number of thiocarbonyl (C=S) groups is 1. The molecule has 11 heteroatoms. The first-order valence-electron chi connectivity index (χ1n) is 8.48. The van der Waals surface area contributed by atoms with Crippen LogP contribution in [-0.2, 0) is 20.2 Å². The second-order valence-electron chi connectivity index (χ2n) is 6.45. The summed E-state index contributed by atoms with van der Waals surface area (Å²) < 4.78 is 65.5. The maximum absolute atomic E-state index is 11.8. The van der Waals surface area contributed by atoms with Crippen molar-refractivity contribution >= 4 is 55.4 Å². The van der Waals surface area contributed by atoms with Gasteiger partial charge < -0.3 is 10.6 Å². The van der Waals surface area contributed by atoms with Gasteiger partial charge in [0.05, 0.1) is 0 Å². The molecule has 0 aliphatic heterocycles. The summed E-state index contributed by atoms with van der Waals surface area (Å²) in [4.78, 5) is -0.697. The molecular formula is C18H18N2O6S3. The third-order valence-corrected chi connectivity index (χ3v) is 6.16. The minimum atomic E-state index is -4.57. The standard InChI is InChI=1S/C18H18N2O6S3/c21-28(22,23)16-4-2-1-3-12(16)5-6-13-7-8-15(11-17(13)29(24,25)26)20-18(27)19-14-9-10-14/h1-8,11,14H,9-10H2,(H2,19,20,27)(H,21,22,23)(H,24,25,26)/b6-5+. The molecule has 1 aliphatic rings. The summed E-state index contributed by atoms with van der Waals surface area (Å²) >= 11 is 5.16. The van der Waals surface area contributed by atoms with Crippen molar-refractivity contribution in [2.45, 2.75) is 28.7 Å². The minimum absolute atomic E-state index is 0.129. The van der Waals surface area contributed by atoms with E-state index in [2.05, 4.69) is 10.6 Å². The second-order valence-corrected chi connectivity index (χ2v) is 9.63. The van der Waals surface area contributed by atoms with Crippen LogP contribution < -0.4 is 10.6 Å². The Kier molecular flexibility index (Phi) is 6.05. The molecule has 0 saturated heterocycles. The maximum Gasteiger partial charge on any atom is 0.295 e. The number of benzene rings is 2. The molecule has 4 N–H and O–H groups in total. The molecule has 1 fully saturated rings. The molecule has 0 radical (unpaired) electrons. The highest BCUT2D eigenvalue weighted by molar-refractivity contribution is 7.86. The van der Waals surface area contributed by atoms with Gasteiger partial charge in [-0.3, -0.25) is 9.11 Å². The van der Waals surface area contributed by atoms with E-state index in [1.807, 2.05) is 0 Å². The molecule has 8 nitrogen and oxygen atoms in total. The molecule has 1 aliphatic carbocycles. The molecule has 0 atom stereocenters. The van der Waals surface area contributed by atoms with Gasteiger partial charge in [0.15, 0.2) is 5.11 Å². The molecule has 2 aromatic rings. The molecule has 0 spiro atoms. The third kappa shape index (κ3) is 5.84. The lowest BCUT2D eigenvalue weighted by molar-refractivity contribution is 0.480. The highest BCUT2D eigenvalue weighted by Gasteiger charge is 2.22. The average molecular weight is 455 g/mol. The first-order chi connectivity index (χ1) is 13.5.